The molecule has 0 spiro atoms. The Balaban J connectivity index is 2.07. The van der Waals surface area contributed by atoms with Gasteiger partial charge in [0.2, 0.25) is 0 Å². The van der Waals surface area contributed by atoms with Gasteiger partial charge in [0, 0.05) is 16.2 Å². The molecule has 3 aromatic rings. The number of carbonyl (C=O) groups is 1. The minimum atomic E-state index is -0.721. The Morgan fingerprint density at radius 2 is 1.56 bits per heavy atom. The van der Waals surface area contributed by atoms with E-state index in [2.05, 4.69) is 4.98 Å². The van der Waals surface area contributed by atoms with Gasteiger partial charge in [-0.15, -0.1) is 0 Å². The minimum absolute atomic E-state index is 0.138. The lowest BCUT2D eigenvalue weighted by Gasteiger charge is -2.19. The summed E-state index contributed by atoms with van der Waals surface area (Å²) >= 11 is 12.1. The first kappa shape index (κ1) is 19.3. The molecule has 0 radical (unpaired) electrons. The maximum Gasteiger partial charge on any atom is 0.430 e. The smallest absolute Gasteiger partial charge is 0.430 e. The summed E-state index contributed by atoms with van der Waals surface area (Å²) in [5.74, 6) is -0.955. The highest BCUT2D eigenvalue weighted by Crippen LogP contribution is 2.16. The fraction of sp³-hybridized carbons (Fsp3) is 0.100. The number of halogens is 2. The van der Waals surface area contributed by atoms with E-state index in [9.17, 15) is 9.90 Å². The van der Waals surface area contributed by atoms with Gasteiger partial charge in [0.1, 0.15) is 5.75 Å². The number of hydrogen-bond acceptors (Lipinski definition) is 4. The molecule has 2 aromatic carbocycles. The molecule has 0 aliphatic carbocycles. The van der Waals surface area contributed by atoms with Gasteiger partial charge in [-0.25, -0.2) is 9.78 Å². The molecule has 27 heavy (non-hydrogen) atoms. The van der Waals surface area contributed by atoms with Gasteiger partial charge < -0.3 is 9.76 Å². The van der Waals surface area contributed by atoms with Crippen LogP contribution in [0.5, 0.6) is 5.75 Å². The standard InChI is InChI=1S/C20H16BCl2NO3/c1-12-10-14(22)5-7-16(12)21(17-8-6-15(23)11-13(17)2)27-20(26)19-18(25)4-3-9-24-19/h3-11,25H,1-2H3. The lowest BCUT2D eigenvalue weighted by Crippen LogP contribution is -2.48. The number of rotatable bonds is 4. The van der Waals surface area contributed by atoms with Crippen molar-refractivity contribution in [2.24, 2.45) is 0 Å². The van der Waals surface area contributed by atoms with Gasteiger partial charge in [-0.3, -0.25) is 0 Å². The first-order valence-electron chi connectivity index (χ1n) is 8.24. The molecule has 0 unspecified atom stereocenters. The zero-order chi connectivity index (χ0) is 19.6. The monoisotopic (exact) mass is 399 g/mol. The van der Waals surface area contributed by atoms with Crippen molar-refractivity contribution in [2.75, 3.05) is 0 Å². The van der Waals surface area contributed by atoms with Crippen molar-refractivity contribution in [3.05, 3.63) is 81.6 Å². The van der Waals surface area contributed by atoms with Gasteiger partial charge in [0.05, 0.1) is 0 Å². The largest absolute Gasteiger partial charge is 0.521 e. The number of aromatic nitrogens is 1. The third-order valence-corrected chi connectivity index (χ3v) is 4.70. The SMILES string of the molecule is Cc1cc(Cl)ccc1B(OC(=O)c1ncccc1O)c1ccc(Cl)cc1C. The quantitative estimate of drug-likeness (QED) is 0.680. The van der Waals surface area contributed by atoms with Crippen molar-refractivity contribution in [3.63, 3.8) is 0 Å². The molecular weight excluding hydrogens is 384 g/mol. The Hall–Kier alpha value is -2.50. The molecule has 1 aromatic heterocycles. The molecular formula is C20H16BCl2NO3. The summed E-state index contributed by atoms with van der Waals surface area (Å²) in [4.78, 5) is 16.6. The lowest BCUT2D eigenvalue weighted by molar-refractivity contribution is 0.0729. The fourth-order valence-electron chi connectivity index (χ4n) is 2.88. The zero-order valence-corrected chi connectivity index (χ0v) is 16.3. The molecule has 0 bridgehead atoms. The fourth-order valence-corrected chi connectivity index (χ4v) is 3.33. The Morgan fingerprint density at radius 1 is 1.00 bits per heavy atom. The maximum absolute atomic E-state index is 12.7. The van der Waals surface area contributed by atoms with Crippen LogP contribution in [0.25, 0.3) is 0 Å². The van der Waals surface area contributed by atoms with Gasteiger partial charge >= 0.3 is 12.9 Å². The van der Waals surface area contributed by atoms with E-state index in [1.54, 1.807) is 24.3 Å². The van der Waals surface area contributed by atoms with Crippen molar-refractivity contribution in [3.8, 4) is 5.75 Å². The van der Waals surface area contributed by atoms with E-state index in [1.165, 1.54) is 18.3 Å². The van der Waals surface area contributed by atoms with E-state index in [0.717, 1.165) is 22.1 Å². The Kier molecular flexibility index (Phi) is 5.73. The van der Waals surface area contributed by atoms with Crippen LogP contribution >= 0.6 is 23.2 Å². The predicted molar refractivity (Wildman–Crippen MR) is 109 cm³/mol. The number of nitrogens with zero attached hydrogens (tertiary/aromatic N) is 1. The molecule has 1 N–H and O–H groups in total. The molecule has 0 atom stereocenters. The molecule has 4 nitrogen and oxygen atoms in total. The lowest BCUT2D eigenvalue weighted by atomic mass is 9.53. The zero-order valence-electron chi connectivity index (χ0n) is 14.7. The van der Waals surface area contributed by atoms with E-state index < -0.39 is 12.9 Å². The van der Waals surface area contributed by atoms with Gasteiger partial charge in [0.15, 0.2) is 5.69 Å². The maximum atomic E-state index is 12.7. The highest BCUT2D eigenvalue weighted by molar-refractivity contribution is 6.82. The number of benzene rings is 2. The Morgan fingerprint density at radius 3 is 2.04 bits per heavy atom. The van der Waals surface area contributed by atoms with Crippen molar-refractivity contribution >= 4 is 47.0 Å². The second-order valence-corrected chi connectivity index (χ2v) is 7.03. The van der Waals surface area contributed by atoms with Crippen molar-refractivity contribution in [2.45, 2.75) is 13.8 Å². The van der Waals surface area contributed by atoms with Crippen LogP contribution in [0.15, 0.2) is 54.7 Å². The molecule has 0 fully saturated rings. The molecule has 136 valence electrons. The van der Waals surface area contributed by atoms with Crippen LogP contribution in [-0.2, 0) is 4.65 Å². The van der Waals surface area contributed by atoms with Crippen LogP contribution in [0, 0.1) is 13.8 Å². The van der Waals surface area contributed by atoms with Crippen molar-refractivity contribution in [1.82, 2.24) is 4.98 Å². The first-order valence-corrected chi connectivity index (χ1v) is 8.99. The number of aryl methyl sites for hydroxylation is 2. The summed E-state index contributed by atoms with van der Waals surface area (Å²) < 4.78 is 5.78. The highest BCUT2D eigenvalue weighted by Gasteiger charge is 2.30. The van der Waals surface area contributed by atoms with E-state index in [4.69, 9.17) is 27.9 Å². The summed E-state index contributed by atoms with van der Waals surface area (Å²) in [6.07, 6.45) is 1.42. The Bertz CT molecular complexity index is 959. The van der Waals surface area contributed by atoms with E-state index in [0.29, 0.717) is 10.0 Å². The molecule has 0 aliphatic heterocycles. The van der Waals surface area contributed by atoms with Gasteiger partial charge in [-0.05, 0) is 61.2 Å². The minimum Gasteiger partial charge on any atom is -0.521 e. The Labute approximate surface area is 167 Å². The van der Waals surface area contributed by atoms with E-state index >= 15 is 0 Å². The van der Waals surface area contributed by atoms with Crippen LogP contribution in [0.2, 0.25) is 10.0 Å². The van der Waals surface area contributed by atoms with E-state index in [-0.39, 0.29) is 11.4 Å². The van der Waals surface area contributed by atoms with Crippen molar-refractivity contribution in [1.29, 1.82) is 0 Å². The third-order valence-electron chi connectivity index (χ3n) is 4.23. The highest BCUT2D eigenvalue weighted by atomic mass is 35.5. The molecule has 1 heterocycles. The summed E-state index contributed by atoms with van der Waals surface area (Å²) in [7, 11) is 0. The van der Waals surface area contributed by atoms with Gasteiger partial charge in [-0.2, -0.15) is 0 Å². The molecule has 0 saturated carbocycles. The predicted octanol–water partition coefficient (Wildman–Crippen LogP) is 3.67. The van der Waals surface area contributed by atoms with Gasteiger partial charge in [-0.1, -0.05) is 46.5 Å². The first-order chi connectivity index (χ1) is 12.9. The van der Waals surface area contributed by atoms with Gasteiger partial charge in [0.25, 0.3) is 0 Å². The number of hydrogen-bond donors (Lipinski definition) is 1. The van der Waals surface area contributed by atoms with Crippen LogP contribution in [0.1, 0.15) is 21.6 Å². The van der Waals surface area contributed by atoms with Crippen LogP contribution < -0.4 is 10.9 Å². The summed E-state index contributed by atoms with van der Waals surface area (Å²) in [5, 5.41) is 11.1. The second-order valence-electron chi connectivity index (χ2n) is 6.16. The molecule has 0 amide bonds. The average molecular weight is 400 g/mol. The summed E-state index contributed by atoms with van der Waals surface area (Å²) in [6.45, 7) is 3.09. The number of pyridine rings is 1. The molecule has 0 saturated heterocycles. The van der Waals surface area contributed by atoms with Crippen molar-refractivity contribution < 1.29 is 14.6 Å². The number of aromatic hydroxyl groups is 1. The number of carbonyl (C=O) groups excluding carboxylic acids is 1. The second kappa shape index (κ2) is 8.03. The topological polar surface area (TPSA) is 59.4 Å². The molecule has 7 heteroatoms. The summed E-state index contributed by atoms with van der Waals surface area (Å²) in [6, 6.07) is 13.7. The molecule has 0 aliphatic rings. The third kappa shape index (κ3) is 4.26. The summed E-state index contributed by atoms with van der Waals surface area (Å²) in [5.41, 5.74) is 3.18. The average Bonchev–Trinajstić information content (AvgIpc) is 2.61. The normalized spacial score (nSPS) is 10.5. The van der Waals surface area contributed by atoms with Crippen LogP contribution in [0.3, 0.4) is 0 Å². The van der Waals surface area contributed by atoms with E-state index in [1.807, 2.05) is 26.0 Å². The van der Waals surface area contributed by atoms with Crippen LogP contribution in [-0.4, -0.2) is 23.0 Å². The molecule has 3 rings (SSSR count). The van der Waals surface area contributed by atoms with Crippen LogP contribution in [0.4, 0.5) is 0 Å².